The van der Waals surface area contributed by atoms with Gasteiger partial charge in [0.25, 0.3) is 10.0 Å². The van der Waals surface area contributed by atoms with E-state index in [1.54, 1.807) is 22.4 Å². The molecule has 1 amide bonds. The van der Waals surface area contributed by atoms with Crippen molar-refractivity contribution in [3.05, 3.63) is 71.6 Å². The minimum atomic E-state index is -3.74. The summed E-state index contributed by atoms with van der Waals surface area (Å²) in [5.41, 5.74) is 1.72. The Labute approximate surface area is 212 Å². The van der Waals surface area contributed by atoms with Crippen LogP contribution in [0.2, 0.25) is 0 Å². The third-order valence-electron chi connectivity index (χ3n) is 5.89. The Bertz CT molecular complexity index is 1420. The van der Waals surface area contributed by atoms with Crippen LogP contribution in [0.5, 0.6) is 5.75 Å². The van der Waals surface area contributed by atoms with Gasteiger partial charge < -0.3 is 4.74 Å². The number of anilines is 1. The zero-order valence-electron chi connectivity index (χ0n) is 19.2. The summed E-state index contributed by atoms with van der Waals surface area (Å²) in [6.45, 7) is 3.13. The number of sulfonamides is 1. The van der Waals surface area contributed by atoms with Crippen LogP contribution in [0.1, 0.15) is 25.3 Å². The Morgan fingerprint density at radius 1 is 1.17 bits per heavy atom. The minimum Gasteiger partial charge on any atom is -0.494 e. The molecule has 1 aliphatic heterocycles. The van der Waals surface area contributed by atoms with E-state index in [0.29, 0.717) is 37.7 Å². The van der Waals surface area contributed by atoms with E-state index in [1.807, 2.05) is 55.5 Å². The molecule has 35 heavy (non-hydrogen) atoms. The zero-order chi connectivity index (χ0) is 24.4. The molecule has 0 radical (unpaired) electrons. The molecule has 7 nitrogen and oxygen atoms in total. The van der Waals surface area contributed by atoms with E-state index in [-0.39, 0.29) is 10.1 Å². The van der Waals surface area contributed by atoms with Crippen molar-refractivity contribution in [3.8, 4) is 5.75 Å². The predicted molar refractivity (Wildman–Crippen MR) is 140 cm³/mol. The number of benzene rings is 2. The van der Waals surface area contributed by atoms with Crippen molar-refractivity contribution in [3.63, 3.8) is 0 Å². The summed E-state index contributed by atoms with van der Waals surface area (Å²) < 4.78 is 34.8. The number of amides is 1. The molecule has 182 valence electrons. The highest BCUT2D eigenvalue weighted by Gasteiger charge is 2.42. The third kappa shape index (κ3) is 4.84. The Morgan fingerprint density at radius 2 is 2.00 bits per heavy atom. The molecule has 0 bridgehead atoms. The molecule has 4 aromatic rings. The maximum absolute atomic E-state index is 14.0. The van der Waals surface area contributed by atoms with Gasteiger partial charge in [-0.05, 0) is 55.0 Å². The molecule has 3 heterocycles. The maximum atomic E-state index is 14.0. The third-order valence-corrected chi connectivity index (χ3v) is 10.2. The molecule has 2 aromatic carbocycles. The van der Waals surface area contributed by atoms with Gasteiger partial charge in [0.2, 0.25) is 5.91 Å². The van der Waals surface area contributed by atoms with Gasteiger partial charge in [0.05, 0.1) is 23.4 Å². The van der Waals surface area contributed by atoms with Crippen molar-refractivity contribution in [1.29, 1.82) is 0 Å². The van der Waals surface area contributed by atoms with Crippen LogP contribution in [0, 0.1) is 0 Å². The highest BCUT2D eigenvalue weighted by molar-refractivity contribution is 7.91. The summed E-state index contributed by atoms with van der Waals surface area (Å²) in [5, 5.41) is 2.28. The van der Waals surface area contributed by atoms with E-state index in [1.165, 1.54) is 27.0 Å². The fraction of sp³-hybridized carbons (Fsp3) is 0.280. The second-order valence-electron chi connectivity index (χ2n) is 8.17. The van der Waals surface area contributed by atoms with Crippen molar-refractivity contribution >= 4 is 54.0 Å². The summed E-state index contributed by atoms with van der Waals surface area (Å²) in [6, 6.07) is 17.9. The van der Waals surface area contributed by atoms with Crippen molar-refractivity contribution in [2.75, 3.05) is 18.1 Å². The highest BCUT2D eigenvalue weighted by Crippen LogP contribution is 2.35. The van der Waals surface area contributed by atoms with E-state index in [0.717, 1.165) is 21.5 Å². The molecule has 1 saturated heterocycles. The normalized spacial score (nSPS) is 16.5. The lowest BCUT2D eigenvalue weighted by molar-refractivity contribution is -0.121. The zero-order valence-corrected chi connectivity index (χ0v) is 21.6. The summed E-state index contributed by atoms with van der Waals surface area (Å²) >= 11 is 2.58. The lowest BCUT2D eigenvalue weighted by Gasteiger charge is -2.28. The minimum absolute atomic E-state index is 0.254. The largest absolute Gasteiger partial charge is 0.494 e. The second kappa shape index (κ2) is 10.1. The van der Waals surface area contributed by atoms with Crippen LogP contribution >= 0.6 is 22.7 Å². The van der Waals surface area contributed by atoms with Gasteiger partial charge in [0.15, 0.2) is 5.13 Å². The molecule has 1 unspecified atom stereocenters. The number of fused-ring (bicyclic) bond motifs is 1. The lowest BCUT2D eigenvalue weighted by Crippen LogP contribution is -2.47. The fourth-order valence-electron chi connectivity index (χ4n) is 4.25. The summed E-state index contributed by atoms with van der Waals surface area (Å²) in [4.78, 5) is 20.4. The standard InChI is InChI=1S/C25H25N3O4S3/c1-2-32-19-12-13-20-22(16-19)34-25(26-20)27(17-18-8-4-3-5-9-18)24(29)21-10-6-14-28(21)35(30,31)23-11-7-15-33-23/h3-5,7-9,11-13,15-16,21H,2,6,10,14,17H2,1H3. The van der Waals surface area contributed by atoms with Crippen LogP contribution in [0.15, 0.2) is 70.3 Å². The Hall–Kier alpha value is -2.79. The lowest BCUT2D eigenvalue weighted by atomic mass is 10.1. The number of ether oxygens (including phenoxy) is 1. The Kier molecular flexibility index (Phi) is 6.88. The predicted octanol–water partition coefficient (Wildman–Crippen LogP) is 5.14. The van der Waals surface area contributed by atoms with Crippen molar-refractivity contribution in [2.24, 2.45) is 0 Å². The summed E-state index contributed by atoms with van der Waals surface area (Å²) in [5.74, 6) is 0.496. The van der Waals surface area contributed by atoms with E-state index >= 15 is 0 Å². The van der Waals surface area contributed by atoms with Crippen molar-refractivity contribution in [1.82, 2.24) is 9.29 Å². The molecule has 1 fully saturated rings. The first-order valence-corrected chi connectivity index (χ1v) is 14.5. The molecular weight excluding hydrogens is 502 g/mol. The van der Waals surface area contributed by atoms with Gasteiger partial charge >= 0.3 is 0 Å². The molecule has 2 aromatic heterocycles. The van der Waals surface area contributed by atoms with Crippen LogP contribution in [0.3, 0.4) is 0 Å². The van der Waals surface area contributed by atoms with Gasteiger partial charge in [0.1, 0.15) is 16.0 Å². The smallest absolute Gasteiger partial charge is 0.253 e. The van der Waals surface area contributed by atoms with Gasteiger partial charge in [-0.1, -0.05) is 47.7 Å². The second-order valence-corrected chi connectivity index (χ2v) is 12.2. The van der Waals surface area contributed by atoms with Gasteiger partial charge in [-0.15, -0.1) is 11.3 Å². The Morgan fingerprint density at radius 3 is 2.74 bits per heavy atom. The van der Waals surface area contributed by atoms with E-state index in [2.05, 4.69) is 0 Å². The monoisotopic (exact) mass is 527 g/mol. The molecule has 1 aliphatic rings. The molecule has 0 aliphatic carbocycles. The molecule has 1 atom stereocenters. The maximum Gasteiger partial charge on any atom is 0.253 e. The average Bonchev–Trinajstić information content (AvgIpc) is 3.63. The number of rotatable bonds is 8. The molecule has 0 spiro atoms. The SMILES string of the molecule is CCOc1ccc2nc(N(Cc3ccccc3)C(=O)C3CCCN3S(=O)(=O)c3cccs3)sc2c1. The fourth-order valence-corrected chi connectivity index (χ4v) is 8.02. The summed E-state index contributed by atoms with van der Waals surface area (Å²) in [6.07, 6.45) is 1.12. The molecule has 0 N–H and O–H groups in total. The first-order valence-electron chi connectivity index (χ1n) is 11.4. The van der Waals surface area contributed by atoms with E-state index in [9.17, 15) is 13.2 Å². The van der Waals surface area contributed by atoms with E-state index < -0.39 is 16.1 Å². The van der Waals surface area contributed by atoms with Crippen LogP contribution in [-0.2, 0) is 21.4 Å². The number of carbonyl (C=O) groups excluding carboxylic acids is 1. The first-order chi connectivity index (χ1) is 17.0. The number of thiophene rings is 1. The van der Waals surface area contributed by atoms with Crippen LogP contribution in [0.25, 0.3) is 10.2 Å². The number of hydrogen-bond donors (Lipinski definition) is 0. The number of carbonyl (C=O) groups is 1. The molecular formula is C25H25N3O4S3. The van der Waals surface area contributed by atoms with Crippen LogP contribution < -0.4 is 9.64 Å². The Balaban J connectivity index is 1.52. The number of hydrogen-bond acceptors (Lipinski definition) is 7. The van der Waals surface area contributed by atoms with Crippen LogP contribution in [0.4, 0.5) is 5.13 Å². The van der Waals surface area contributed by atoms with Gasteiger partial charge in [-0.25, -0.2) is 13.4 Å². The van der Waals surface area contributed by atoms with E-state index in [4.69, 9.17) is 9.72 Å². The van der Waals surface area contributed by atoms with Gasteiger partial charge in [0, 0.05) is 6.54 Å². The van der Waals surface area contributed by atoms with Gasteiger partial charge in [-0.3, -0.25) is 9.69 Å². The molecule has 0 saturated carbocycles. The van der Waals surface area contributed by atoms with Crippen LogP contribution in [-0.4, -0.2) is 42.8 Å². The molecule has 10 heteroatoms. The number of thiazole rings is 1. The quantitative estimate of drug-likeness (QED) is 0.317. The van der Waals surface area contributed by atoms with Crippen molar-refractivity contribution < 1.29 is 17.9 Å². The molecule has 5 rings (SSSR count). The summed E-state index contributed by atoms with van der Waals surface area (Å²) in [7, 11) is -3.74. The average molecular weight is 528 g/mol. The first kappa shape index (κ1) is 23.9. The number of aromatic nitrogens is 1. The van der Waals surface area contributed by atoms with Crippen molar-refractivity contribution in [2.45, 2.75) is 36.6 Å². The highest BCUT2D eigenvalue weighted by atomic mass is 32.2. The number of nitrogens with zero attached hydrogens (tertiary/aromatic N) is 3. The van der Waals surface area contributed by atoms with Gasteiger partial charge in [-0.2, -0.15) is 4.31 Å². The topological polar surface area (TPSA) is 79.8 Å².